The number of nitrogens with zero attached hydrogens (tertiary/aromatic N) is 4. The molecule has 0 bridgehead atoms. The van der Waals surface area contributed by atoms with Gasteiger partial charge in [-0.3, -0.25) is 4.68 Å². The van der Waals surface area contributed by atoms with Crippen molar-refractivity contribution in [2.45, 2.75) is 97.1 Å². The van der Waals surface area contributed by atoms with Crippen LogP contribution in [-0.2, 0) is 17.0 Å². The maximum absolute atomic E-state index is 12.1. The molecule has 6 atom stereocenters. The molecule has 3 unspecified atom stereocenters. The Bertz CT molecular complexity index is 923. The molecule has 0 radical (unpaired) electrons. The normalized spacial score (nSPS) is 42.2. The molecular formula is C26H40N4O2. The Labute approximate surface area is 192 Å². The van der Waals surface area contributed by atoms with Crippen molar-refractivity contribution in [3.8, 4) is 0 Å². The van der Waals surface area contributed by atoms with E-state index >= 15 is 0 Å². The van der Waals surface area contributed by atoms with Crippen LogP contribution in [0.5, 0.6) is 0 Å². The van der Waals surface area contributed by atoms with Crippen molar-refractivity contribution in [1.29, 1.82) is 0 Å². The van der Waals surface area contributed by atoms with E-state index in [1.54, 1.807) is 12.7 Å². The van der Waals surface area contributed by atoms with E-state index in [1.165, 1.54) is 19.3 Å². The molecule has 4 aliphatic rings. The molecule has 0 aromatic carbocycles. The second kappa shape index (κ2) is 7.96. The van der Waals surface area contributed by atoms with Gasteiger partial charge in [0.2, 0.25) is 0 Å². The average Bonchev–Trinajstić information content (AvgIpc) is 3.36. The van der Waals surface area contributed by atoms with Gasteiger partial charge < -0.3 is 9.94 Å². The van der Waals surface area contributed by atoms with Gasteiger partial charge in [-0.25, -0.2) is 0 Å². The SMILES string of the molecule is CCCCn1cc([C@]2(O)CCC3C4CCC5=CC(=NOC)CC[C@]5(C)C4CC[C@@]32C)nn1. The zero-order chi connectivity index (χ0) is 22.6. The molecule has 5 rings (SSSR count). The van der Waals surface area contributed by atoms with Gasteiger partial charge in [-0.05, 0) is 87.0 Å². The van der Waals surface area contributed by atoms with Gasteiger partial charge in [0.25, 0.3) is 0 Å². The second-order valence-corrected chi connectivity index (χ2v) is 11.3. The summed E-state index contributed by atoms with van der Waals surface area (Å²) in [5.74, 6) is 1.94. The fraction of sp³-hybridized carbons (Fsp3) is 0.808. The molecule has 3 fully saturated rings. The van der Waals surface area contributed by atoms with Crippen LogP contribution in [-0.4, -0.2) is 32.9 Å². The first-order valence-corrected chi connectivity index (χ1v) is 12.8. The van der Waals surface area contributed by atoms with Crippen molar-refractivity contribution >= 4 is 5.71 Å². The second-order valence-electron chi connectivity index (χ2n) is 11.3. The molecule has 6 heteroatoms. The van der Waals surface area contributed by atoms with E-state index in [0.717, 1.165) is 62.9 Å². The Balaban J connectivity index is 1.41. The third-order valence-electron chi connectivity index (χ3n) is 10.0. The number of aromatic nitrogens is 3. The summed E-state index contributed by atoms with van der Waals surface area (Å²) in [4.78, 5) is 5.06. The molecule has 1 aromatic rings. The Morgan fingerprint density at radius 2 is 1.97 bits per heavy atom. The number of allylic oxidation sites excluding steroid dienone is 2. The van der Waals surface area contributed by atoms with Crippen LogP contribution in [0.3, 0.4) is 0 Å². The molecule has 1 aromatic heterocycles. The predicted molar refractivity (Wildman–Crippen MR) is 125 cm³/mol. The number of fused-ring (bicyclic) bond motifs is 5. The number of oxime groups is 1. The largest absolute Gasteiger partial charge is 0.399 e. The van der Waals surface area contributed by atoms with Crippen LogP contribution in [0.15, 0.2) is 23.0 Å². The van der Waals surface area contributed by atoms with Crippen LogP contribution in [0.4, 0.5) is 0 Å². The van der Waals surface area contributed by atoms with Gasteiger partial charge in [-0.2, -0.15) is 0 Å². The highest BCUT2D eigenvalue weighted by Gasteiger charge is 2.65. The molecule has 0 spiro atoms. The maximum Gasteiger partial charge on any atom is 0.116 e. The summed E-state index contributed by atoms with van der Waals surface area (Å²) in [5, 5.41) is 25.2. The van der Waals surface area contributed by atoms with E-state index in [1.807, 2.05) is 10.9 Å². The topological polar surface area (TPSA) is 72.5 Å². The van der Waals surface area contributed by atoms with Crippen molar-refractivity contribution in [3.05, 3.63) is 23.5 Å². The third kappa shape index (κ3) is 3.12. The van der Waals surface area contributed by atoms with Crippen molar-refractivity contribution in [1.82, 2.24) is 15.0 Å². The Morgan fingerprint density at radius 3 is 2.75 bits per heavy atom. The number of rotatable bonds is 5. The molecule has 176 valence electrons. The van der Waals surface area contributed by atoms with E-state index in [4.69, 9.17) is 4.84 Å². The summed E-state index contributed by atoms with van der Waals surface area (Å²) in [6.07, 6.45) is 15.3. The van der Waals surface area contributed by atoms with Gasteiger partial charge in [0.15, 0.2) is 0 Å². The lowest BCUT2D eigenvalue weighted by atomic mass is 9.46. The quantitative estimate of drug-likeness (QED) is 0.636. The average molecular weight is 441 g/mol. The molecule has 32 heavy (non-hydrogen) atoms. The smallest absolute Gasteiger partial charge is 0.116 e. The van der Waals surface area contributed by atoms with Crippen molar-refractivity contribution < 1.29 is 9.94 Å². The van der Waals surface area contributed by atoms with Crippen molar-refractivity contribution in [3.63, 3.8) is 0 Å². The lowest BCUT2D eigenvalue weighted by Crippen LogP contribution is -2.53. The summed E-state index contributed by atoms with van der Waals surface area (Å²) in [7, 11) is 1.64. The molecule has 0 amide bonds. The first-order chi connectivity index (χ1) is 15.4. The fourth-order valence-electron chi connectivity index (χ4n) is 8.11. The third-order valence-corrected chi connectivity index (χ3v) is 10.0. The highest BCUT2D eigenvalue weighted by Crippen LogP contribution is 2.69. The molecule has 1 N–H and O–H groups in total. The number of aryl methyl sites for hydroxylation is 1. The zero-order valence-electron chi connectivity index (χ0n) is 20.3. The van der Waals surface area contributed by atoms with Crippen LogP contribution in [0.2, 0.25) is 0 Å². The number of hydrogen-bond donors (Lipinski definition) is 1. The van der Waals surface area contributed by atoms with Gasteiger partial charge in [-0.15, -0.1) is 5.10 Å². The minimum Gasteiger partial charge on any atom is -0.399 e. The minimum atomic E-state index is -0.852. The Kier molecular flexibility index (Phi) is 5.51. The Morgan fingerprint density at radius 1 is 1.16 bits per heavy atom. The van der Waals surface area contributed by atoms with E-state index in [9.17, 15) is 5.11 Å². The molecule has 0 aliphatic heterocycles. The summed E-state index contributed by atoms with van der Waals surface area (Å²) >= 11 is 0. The predicted octanol–water partition coefficient (Wildman–Crippen LogP) is 5.23. The summed E-state index contributed by atoms with van der Waals surface area (Å²) in [6.45, 7) is 7.92. The Hall–Kier alpha value is -1.69. The van der Waals surface area contributed by atoms with Crippen LogP contribution < -0.4 is 0 Å². The number of hydrogen-bond acceptors (Lipinski definition) is 5. The lowest BCUT2D eigenvalue weighted by molar-refractivity contribution is -0.133. The fourth-order valence-corrected chi connectivity index (χ4v) is 8.11. The van der Waals surface area contributed by atoms with Crippen molar-refractivity contribution in [2.24, 2.45) is 33.7 Å². The first kappa shape index (κ1) is 22.1. The zero-order valence-corrected chi connectivity index (χ0v) is 20.3. The van der Waals surface area contributed by atoms with Gasteiger partial charge in [0, 0.05) is 12.0 Å². The summed E-state index contributed by atoms with van der Waals surface area (Å²) in [6, 6.07) is 0. The standard InChI is InChI=1S/C26H40N4O2/c1-5-6-15-30-17-23(27-29-30)26(31)14-11-22-20-8-7-18-16-19(28-32-4)9-12-24(18,2)21(20)10-13-25(22,26)3/h16-17,20-22,31H,5-15H2,1-4H3/t20?,21?,22?,24-,25-,26+/m0/s1. The van der Waals surface area contributed by atoms with Gasteiger partial charge in [0.05, 0.1) is 11.9 Å². The van der Waals surface area contributed by atoms with E-state index in [-0.39, 0.29) is 10.8 Å². The molecule has 4 aliphatic carbocycles. The number of aliphatic hydroxyl groups is 1. The van der Waals surface area contributed by atoms with Crippen LogP contribution in [0.1, 0.15) is 90.7 Å². The first-order valence-electron chi connectivity index (χ1n) is 12.8. The van der Waals surface area contributed by atoms with Gasteiger partial charge >= 0.3 is 0 Å². The van der Waals surface area contributed by atoms with Crippen molar-refractivity contribution in [2.75, 3.05) is 7.11 Å². The highest BCUT2D eigenvalue weighted by molar-refractivity contribution is 5.96. The minimum absolute atomic E-state index is 0.116. The molecule has 6 nitrogen and oxygen atoms in total. The van der Waals surface area contributed by atoms with E-state index < -0.39 is 5.60 Å². The summed E-state index contributed by atoms with van der Waals surface area (Å²) in [5.41, 5.74) is 2.78. The van der Waals surface area contributed by atoms with Gasteiger partial charge in [0.1, 0.15) is 18.4 Å². The molecule has 0 saturated heterocycles. The lowest BCUT2D eigenvalue weighted by Gasteiger charge is -2.59. The molecular weight excluding hydrogens is 400 g/mol. The van der Waals surface area contributed by atoms with Crippen LogP contribution in [0.25, 0.3) is 0 Å². The number of unbranched alkanes of at least 4 members (excludes halogenated alkanes) is 1. The highest BCUT2D eigenvalue weighted by atomic mass is 16.6. The van der Waals surface area contributed by atoms with E-state index in [0.29, 0.717) is 17.8 Å². The molecule has 3 saturated carbocycles. The van der Waals surface area contributed by atoms with Crippen LogP contribution >= 0.6 is 0 Å². The monoisotopic (exact) mass is 440 g/mol. The van der Waals surface area contributed by atoms with Crippen LogP contribution in [0, 0.1) is 28.6 Å². The molecule has 1 heterocycles. The summed E-state index contributed by atoms with van der Waals surface area (Å²) < 4.78 is 1.93. The van der Waals surface area contributed by atoms with Gasteiger partial charge in [-0.1, -0.05) is 43.1 Å². The van der Waals surface area contributed by atoms with E-state index in [2.05, 4.69) is 42.3 Å². The maximum atomic E-state index is 12.1.